The molecular weight excluding hydrogens is 728 g/mol. The van der Waals surface area contributed by atoms with Gasteiger partial charge in [0.25, 0.3) is 0 Å². The number of aliphatic carboxylic acids is 1. The lowest BCUT2D eigenvalue weighted by Crippen LogP contribution is -2.60. The van der Waals surface area contributed by atoms with Gasteiger partial charge in [-0.05, 0) is 70.6 Å². The van der Waals surface area contributed by atoms with Gasteiger partial charge in [-0.25, -0.2) is 4.79 Å². The molecule has 1 aliphatic heterocycles. The van der Waals surface area contributed by atoms with Crippen LogP contribution in [0.25, 0.3) is 0 Å². The van der Waals surface area contributed by atoms with Gasteiger partial charge in [-0.3, -0.25) is 9.59 Å². The van der Waals surface area contributed by atoms with Gasteiger partial charge in [-0.2, -0.15) is 0 Å². The maximum Gasteiger partial charge on any atom is 0.335 e. The van der Waals surface area contributed by atoms with Crippen molar-refractivity contribution in [2.24, 2.45) is 0 Å². The summed E-state index contributed by atoms with van der Waals surface area (Å²) in [5.74, 6) is -2.48. The Kier molecular flexibility index (Phi) is 33.2. The predicted octanol–water partition coefficient (Wildman–Crippen LogP) is 9.37. The van der Waals surface area contributed by atoms with Crippen molar-refractivity contribution in [3.05, 3.63) is 48.6 Å². The van der Waals surface area contributed by atoms with Gasteiger partial charge in [-0.15, -0.1) is 0 Å². The van der Waals surface area contributed by atoms with Crippen LogP contribution in [0.5, 0.6) is 0 Å². The first kappa shape index (κ1) is 52.2. The molecule has 0 aromatic heterocycles. The van der Waals surface area contributed by atoms with Crippen molar-refractivity contribution in [3.63, 3.8) is 0 Å². The molecule has 1 rings (SSSR count). The molecule has 6 atom stereocenters. The van der Waals surface area contributed by atoms with Gasteiger partial charge < -0.3 is 39.4 Å². The summed E-state index contributed by atoms with van der Waals surface area (Å²) in [4.78, 5) is 36.8. The highest BCUT2D eigenvalue weighted by Crippen LogP contribution is 2.23. The number of aliphatic hydroxyl groups excluding tert-OH is 3. The average molecular weight is 807 g/mol. The molecule has 6 unspecified atom stereocenters. The molecule has 1 fully saturated rings. The molecule has 0 aromatic carbocycles. The molecule has 1 saturated heterocycles. The van der Waals surface area contributed by atoms with E-state index in [0.717, 1.165) is 77.0 Å². The molecule has 0 spiro atoms. The van der Waals surface area contributed by atoms with Crippen LogP contribution in [0.3, 0.4) is 0 Å². The summed E-state index contributed by atoms with van der Waals surface area (Å²) in [5, 5.41) is 39.8. The number of rotatable bonds is 36. The molecule has 0 aromatic rings. The molecule has 4 N–H and O–H groups in total. The fourth-order valence-electron chi connectivity index (χ4n) is 6.34. The standard InChI is InChI=1S/C46H78O11/c1-3-5-7-9-11-13-15-17-19-20-21-23-24-26-28-30-32-34-39(47)54-36-38(37-55-46-43(51)41(49)42(50)44(57-46)45(52)53)56-40(48)35-33-31-29-27-25-22-18-16-14-12-10-8-6-4-2/h10-13,16-19,38,41-44,46,49-51H,3-9,14-15,20-37H2,1-2H3,(H,52,53)/b12-10-,13-11-,18-16-,19-17-. The number of allylic oxidation sites excluding steroid dienone is 8. The minimum Gasteiger partial charge on any atom is -0.479 e. The van der Waals surface area contributed by atoms with E-state index in [-0.39, 0.29) is 19.4 Å². The zero-order valence-electron chi connectivity index (χ0n) is 35.3. The molecular formula is C46H78O11. The fraction of sp³-hybridized carbons (Fsp3) is 0.761. The highest BCUT2D eigenvalue weighted by molar-refractivity contribution is 5.73. The Labute approximate surface area is 344 Å². The maximum atomic E-state index is 12.7. The van der Waals surface area contributed by atoms with Crippen molar-refractivity contribution in [1.29, 1.82) is 0 Å². The van der Waals surface area contributed by atoms with Crippen LogP contribution < -0.4 is 0 Å². The number of carboxylic acids is 1. The first-order valence-corrected chi connectivity index (χ1v) is 22.2. The van der Waals surface area contributed by atoms with Crippen LogP contribution in [-0.2, 0) is 33.3 Å². The van der Waals surface area contributed by atoms with Crippen molar-refractivity contribution in [1.82, 2.24) is 0 Å². The van der Waals surface area contributed by atoms with Gasteiger partial charge >= 0.3 is 17.9 Å². The number of carboxylic acid groups (broad SMARTS) is 1. The molecule has 328 valence electrons. The Morgan fingerprint density at radius 3 is 1.51 bits per heavy atom. The normalized spacial score (nSPS) is 20.6. The fourth-order valence-corrected chi connectivity index (χ4v) is 6.34. The Morgan fingerprint density at radius 2 is 1.00 bits per heavy atom. The van der Waals surface area contributed by atoms with Crippen molar-refractivity contribution < 1.29 is 53.8 Å². The minimum atomic E-state index is -1.87. The largest absolute Gasteiger partial charge is 0.479 e. The number of ether oxygens (including phenoxy) is 4. The summed E-state index contributed by atoms with van der Waals surface area (Å²) in [6.45, 7) is 3.72. The van der Waals surface area contributed by atoms with E-state index in [0.29, 0.717) is 12.8 Å². The lowest BCUT2D eigenvalue weighted by Gasteiger charge is -2.38. The molecule has 0 amide bonds. The number of unbranched alkanes of at least 4 members (excludes halogenated alkanes) is 17. The second-order valence-electron chi connectivity index (χ2n) is 15.2. The Bertz CT molecular complexity index is 1130. The topological polar surface area (TPSA) is 169 Å². The monoisotopic (exact) mass is 807 g/mol. The smallest absolute Gasteiger partial charge is 0.335 e. The van der Waals surface area contributed by atoms with Gasteiger partial charge in [0.1, 0.15) is 24.9 Å². The van der Waals surface area contributed by atoms with E-state index in [9.17, 15) is 34.8 Å². The Morgan fingerprint density at radius 1 is 0.544 bits per heavy atom. The van der Waals surface area contributed by atoms with Gasteiger partial charge in [0.2, 0.25) is 0 Å². The van der Waals surface area contributed by atoms with Crippen LogP contribution in [-0.4, -0.2) is 88.4 Å². The van der Waals surface area contributed by atoms with Crippen LogP contribution in [0.2, 0.25) is 0 Å². The number of hydrogen-bond acceptors (Lipinski definition) is 10. The molecule has 11 heteroatoms. The van der Waals surface area contributed by atoms with Crippen LogP contribution in [0.4, 0.5) is 0 Å². The molecule has 0 bridgehead atoms. The Hall–Kier alpha value is -2.83. The highest BCUT2D eigenvalue weighted by atomic mass is 16.7. The van der Waals surface area contributed by atoms with Crippen LogP contribution in [0.1, 0.15) is 174 Å². The summed E-state index contributed by atoms with van der Waals surface area (Å²) >= 11 is 0. The third kappa shape index (κ3) is 28.3. The first-order valence-electron chi connectivity index (χ1n) is 22.2. The van der Waals surface area contributed by atoms with Crippen molar-refractivity contribution in [2.75, 3.05) is 13.2 Å². The quantitative estimate of drug-likeness (QED) is 0.0270. The Balaban J connectivity index is 2.39. The van der Waals surface area contributed by atoms with Crippen LogP contribution in [0.15, 0.2) is 48.6 Å². The van der Waals surface area contributed by atoms with Crippen molar-refractivity contribution in [3.8, 4) is 0 Å². The van der Waals surface area contributed by atoms with E-state index >= 15 is 0 Å². The minimum absolute atomic E-state index is 0.164. The summed E-state index contributed by atoms with van der Waals surface area (Å²) < 4.78 is 21.7. The van der Waals surface area contributed by atoms with E-state index in [1.165, 1.54) is 57.8 Å². The first-order chi connectivity index (χ1) is 27.7. The summed E-state index contributed by atoms with van der Waals surface area (Å²) in [7, 11) is 0. The van der Waals surface area contributed by atoms with E-state index in [4.69, 9.17) is 18.9 Å². The molecule has 1 aliphatic rings. The van der Waals surface area contributed by atoms with Crippen LogP contribution >= 0.6 is 0 Å². The number of esters is 2. The number of carbonyl (C=O) groups excluding carboxylic acids is 2. The number of hydrogen-bond donors (Lipinski definition) is 4. The zero-order valence-corrected chi connectivity index (χ0v) is 35.3. The summed E-state index contributed by atoms with van der Waals surface area (Å²) in [6.07, 6.45) is 33.0. The highest BCUT2D eigenvalue weighted by Gasteiger charge is 2.47. The molecule has 0 radical (unpaired) electrons. The lowest BCUT2D eigenvalue weighted by molar-refractivity contribution is -0.298. The number of aliphatic hydroxyl groups is 3. The summed E-state index contributed by atoms with van der Waals surface area (Å²) in [5.41, 5.74) is 0. The maximum absolute atomic E-state index is 12.7. The van der Waals surface area contributed by atoms with Gasteiger partial charge in [0.15, 0.2) is 18.5 Å². The van der Waals surface area contributed by atoms with E-state index in [1.54, 1.807) is 0 Å². The summed E-state index contributed by atoms with van der Waals surface area (Å²) in [6, 6.07) is 0. The van der Waals surface area contributed by atoms with Crippen molar-refractivity contribution in [2.45, 2.75) is 211 Å². The van der Waals surface area contributed by atoms with Crippen molar-refractivity contribution >= 4 is 17.9 Å². The second-order valence-corrected chi connectivity index (χ2v) is 15.2. The van der Waals surface area contributed by atoms with Gasteiger partial charge in [-0.1, -0.05) is 140 Å². The lowest BCUT2D eigenvalue weighted by atomic mass is 9.99. The van der Waals surface area contributed by atoms with E-state index < -0.39 is 61.3 Å². The average Bonchev–Trinajstić information content (AvgIpc) is 3.19. The van der Waals surface area contributed by atoms with E-state index in [1.807, 2.05) is 0 Å². The number of carbonyl (C=O) groups is 3. The molecule has 1 heterocycles. The van der Waals surface area contributed by atoms with Crippen LogP contribution in [0, 0.1) is 0 Å². The molecule has 11 nitrogen and oxygen atoms in total. The van der Waals surface area contributed by atoms with E-state index in [2.05, 4.69) is 62.5 Å². The third-order valence-corrected chi connectivity index (χ3v) is 9.90. The molecule has 0 saturated carbocycles. The second kappa shape index (κ2) is 36.3. The van der Waals surface area contributed by atoms with Gasteiger partial charge in [0, 0.05) is 12.8 Å². The van der Waals surface area contributed by atoms with Gasteiger partial charge in [0.05, 0.1) is 6.61 Å². The third-order valence-electron chi connectivity index (χ3n) is 9.90. The molecule has 0 aliphatic carbocycles. The predicted molar refractivity (Wildman–Crippen MR) is 224 cm³/mol. The molecule has 57 heavy (non-hydrogen) atoms. The zero-order chi connectivity index (χ0) is 41.8. The SMILES string of the molecule is CCCC/C=C\C/C=C\CCCCCCCC(=O)OC(COC(=O)CCCCCCCCC/C=C\C/C=C\CCCCC)COC1OC(C(=O)O)C(O)C(O)C1O.